The number of carbonyl (C=O) groups is 1. The third-order valence-corrected chi connectivity index (χ3v) is 4.88. The predicted molar refractivity (Wildman–Crippen MR) is 83.7 cm³/mol. The van der Waals surface area contributed by atoms with Gasteiger partial charge in [-0.25, -0.2) is 0 Å². The van der Waals surface area contributed by atoms with Crippen LogP contribution in [0.5, 0.6) is 5.75 Å². The van der Waals surface area contributed by atoms with Crippen LogP contribution in [0.15, 0.2) is 43.1 Å². The van der Waals surface area contributed by atoms with E-state index in [1.807, 2.05) is 24.3 Å². The minimum Gasteiger partial charge on any atom is -0.484 e. The lowest BCUT2D eigenvalue weighted by atomic mass is 10.3. The largest absolute Gasteiger partial charge is 0.484 e. The molecule has 18 heavy (non-hydrogen) atoms. The Morgan fingerprint density at radius 2 is 1.94 bits per heavy atom. The number of ketones is 1. The lowest BCUT2D eigenvalue weighted by Crippen LogP contribution is -2.10. The van der Waals surface area contributed by atoms with Crippen molar-refractivity contribution in [2.75, 3.05) is 6.61 Å². The summed E-state index contributed by atoms with van der Waals surface area (Å²) in [5.74, 6) is 0.627. The second-order valence-corrected chi connectivity index (χ2v) is 7.62. The average Bonchev–Trinajstić information content (AvgIpc) is 2.74. The molecule has 0 unspecified atom stereocenters. The minimum absolute atomic E-state index is 0.0273. The quantitative estimate of drug-likeness (QED) is 0.586. The molecule has 0 saturated carbocycles. The number of carbonyl (C=O) groups excluding carboxylic acids is 1. The molecule has 0 saturated heterocycles. The topological polar surface area (TPSA) is 26.3 Å². The van der Waals surface area contributed by atoms with Gasteiger partial charge in [0.25, 0.3) is 0 Å². The summed E-state index contributed by atoms with van der Waals surface area (Å²) in [5.41, 5.74) is 0. The number of hydrogen-bond acceptors (Lipinski definition) is 3. The summed E-state index contributed by atoms with van der Waals surface area (Å²) >= 11 is 11.5. The van der Waals surface area contributed by atoms with E-state index in [1.165, 1.54) is 11.3 Å². The van der Waals surface area contributed by atoms with Gasteiger partial charge in [-0.3, -0.25) is 4.79 Å². The number of halogens is 3. The van der Waals surface area contributed by atoms with Crippen LogP contribution in [0.1, 0.15) is 9.67 Å². The second kappa shape index (κ2) is 6.32. The molecule has 0 amide bonds. The SMILES string of the molecule is O=C(COc1ccc(Br)cc1Br)c1ccc(Br)s1. The zero-order valence-electron chi connectivity index (χ0n) is 8.95. The van der Waals surface area contributed by atoms with Crippen LogP contribution in [-0.4, -0.2) is 12.4 Å². The molecule has 2 rings (SSSR count). The zero-order chi connectivity index (χ0) is 13.1. The Bertz CT molecular complexity index is 580. The highest BCUT2D eigenvalue weighted by molar-refractivity contribution is 9.11. The highest BCUT2D eigenvalue weighted by Gasteiger charge is 2.10. The molecule has 1 heterocycles. The molecule has 0 aliphatic heterocycles. The molecule has 0 atom stereocenters. The summed E-state index contributed by atoms with van der Waals surface area (Å²) in [6.07, 6.45) is 0. The van der Waals surface area contributed by atoms with Crippen LogP contribution in [0.4, 0.5) is 0 Å². The van der Waals surface area contributed by atoms with Crippen molar-refractivity contribution in [3.8, 4) is 5.75 Å². The molecule has 0 aliphatic carbocycles. The standard InChI is InChI=1S/C12H7Br3O2S/c13-7-1-2-10(8(14)5-7)17-6-9(16)11-3-4-12(15)18-11/h1-5H,6H2. The van der Waals surface area contributed by atoms with Crippen molar-refractivity contribution in [2.45, 2.75) is 0 Å². The Hall–Kier alpha value is -0.170. The Morgan fingerprint density at radius 1 is 1.17 bits per heavy atom. The molecule has 1 aromatic carbocycles. The van der Waals surface area contributed by atoms with E-state index in [0.717, 1.165) is 12.7 Å². The lowest BCUT2D eigenvalue weighted by Gasteiger charge is -2.07. The van der Waals surface area contributed by atoms with Gasteiger partial charge < -0.3 is 4.74 Å². The number of hydrogen-bond donors (Lipinski definition) is 0. The van der Waals surface area contributed by atoms with E-state index < -0.39 is 0 Å². The third kappa shape index (κ3) is 3.66. The van der Waals surface area contributed by atoms with Gasteiger partial charge in [0.05, 0.1) is 13.1 Å². The molecule has 0 bridgehead atoms. The normalized spacial score (nSPS) is 10.4. The molecule has 0 radical (unpaired) electrons. The lowest BCUT2D eigenvalue weighted by molar-refractivity contribution is 0.0925. The van der Waals surface area contributed by atoms with E-state index in [1.54, 1.807) is 6.07 Å². The van der Waals surface area contributed by atoms with Crippen molar-refractivity contribution < 1.29 is 9.53 Å². The van der Waals surface area contributed by atoms with Crippen molar-refractivity contribution in [2.24, 2.45) is 0 Å². The fourth-order valence-corrected chi connectivity index (χ4v) is 3.74. The second-order valence-electron chi connectivity index (χ2n) is 3.39. The van der Waals surface area contributed by atoms with Gasteiger partial charge in [0.2, 0.25) is 5.78 Å². The van der Waals surface area contributed by atoms with E-state index in [2.05, 4.69) is 47.8 Å². The van der Waals surface area contributed by atoms with Crippen LogP contribution in [0.2, 0.25) is 0 Å². The van der Waals surface area contributed by atoms with Crippen molar-refractivity contribution in [3.63, 3.8) is 0 Å². The van der Waals surface area contributed by atoms with Crippen LogP contribution in [0.3, 0.4) is 0 Å². The maximum atomic E-state index is 11.8. The molecule has 0 fully saturated rings. The number of rotatable bonds is 4. The summed E-state index contributed by atoms with van der Waals surface area (Å²) in [5, 5.41) is 0. The summed E-state index contributed by atoms with van der Waals surface area (Å²) in [7, 11) is 0. The van der Waals surface area contributed by atoms with E-state index in [4.69, 9.17) is 4.74 Å². The van der Waals surface area contributed by atoms with Gasteiger partial charge in [-0.15, -0.1) is 11.3 Å². The third-order valence-electron chi connectivity index (χ3n) is 2.10. The number of ether oxygens (including phenoxy) is 1. The first-order chi connectivity index (χ1) is 8.56. The summed E-state index contributed by atoms with van der Waals surface area (Å²) in [6.45, 7) is 0.0349. The molecule has 6 heteroatoms. The molecular formula is C12H7Br3O2S. The Balaban J connectivity index is 2.01. The Labute approximate surface area is 134 Å². The van der Waals surface area contributed by atoms with Gasteiger partial charge in [0.15, 0.2) is 6.61 Å². The maximum Gasteiger partial charge on any atom is 0.210 e. The van der Waals surface area contributed by atoms with Gasteiger partial charge in [-0.2, -0.15) is 0 Å². The highest BCUT2D eigenvalue weighted by atomic mass is 79.9. The molecule has 1 aromatic heterocycles. The number of thiophene rings is 1. The van der Waals surface area contributed by atoms with Crippen LogP contribution in [-0.2, 0) is 0 Å². The van der Waals surface area contributed by atoms with E-state index in [-0.39, 0.29) is 12.4 Å². The van der Waals surface area contributed by atoms with Crippen LogP contribution < -0.4 is 4.74 Å². The van der Waals surface area contributed by atoms with Gasteiger partial charge in [0, 0.05) is 4.47 Å². The van der Waals surface area contributed by atoms with Crippen LogP contribution in [0.25, 0.3) is 0 Å². The van der Waals surface area contributed by atoms with Crippen molar-refractivity contribution in [3.05, 3.63) is 47.9 Å². The van der Waals surface area contributed by atoms with Crippen molar-refractivity contribution in [1.29, 1.82) is 0 Å². The number of Topliss-reactive ketones (excluding diaryl/α,β-unsaturated/α-hetero) is 1. The first kappa shape index (κ1) is 14.2. The molecule has 2 nitrogen and oxygen atoms in total. The molecule has 0 N–H and O–H groups in total. The minimum atomic E-state index is -0.0273. The van der Waals surface area contributed by atoms with E-state index in [9.17, 15) is 4.79 Å². The van der Waals surface area contributed by atoms with Gasteiger partial charge in [0.1, 0.15) is 5.75 Å². The van der Waals surface area contributed by atoms with Crippen LogP contribution >= 0.6 is 59.1 Å². The fourth-order valence-electron chi connectivity index (χ4n) is 1.27. The Morgan fingerprint density at radius 3 is 2.56 bits per heavy atom. The zero-order valence-corrected chi connectivity index (χ0v) is 14.5. The molecule has 0 aliphatic rings. The summed E-state index contributed by atoms with van der Waals surface area (Å²) < 4.78 is 8.20. The fraction of sp³-hybridized carbons (Fsp3) is 0.0833. The van der Waals surface area contributed by atoms with Crippen LogP contribution in [0, 0.1) is 0 Å². The van der Waals surface area contributed by atoms with Gasteiger partial charge in [-0.05, 0) is 62.2 Å². The van der Waals surface area contributed by atoms with Gasteiger partial charge >= 0.3 is 0 Å². The first-order valence-corrected chi connectivity index (χ1v) is 8.12. The molecule has 94 valence electrons. The van der Waals surface area contributed by atoms with E-state index in [0.29, 0.717) is 10.6 Å². The number of benzene rings is 1. The summed E-state index contributed by atoms with van der Waals surface area (Å²) in [4.78, 5) is 12.5. The summed E-state index contributed by atoms with van der Waals surface area (Å²) in [6, 6.07) is 9.20. The van der Waals surface area contributed by atoms with Gasteiger partial charge in [-0.1, -0.05) is 15.9 Å². The Kier molecular flexibility index (Phi) is 5.00. The average molecular weight is 455 g/mol. The first-order valence-electron chi connectivity index (χ1n) is 4.92. The smallest absolute Gasteiger partial charge is 0.210 e. The molecule has 2 aromatic rings. The predicted octanol–water partition coefficient (Wildman–Crippen LogP) is 5.30. The molecular weight excluding hydrogens is 448 g/mol. The molecule has 0 spiro atoms. The van der Waals surface area contributed by atoms with Crippen molar-refractivity contribution in [1.82, 2.24) is 0 Å². The van der Waals surface area contributed by atoms with E-state index >= 15 is 0 Å². The monoisotopic (exact) mass is 452 g/mol. The van der Waals surface area contributed by atoms with Crippen molar-refractivity contribution >= 4 is 64.9 Å². The maximum absolute atomic E-state index is 11.8. The highest BCUT2D eigenvalue weighted by Crippen LogP contribution is 2.28.